The number of hydrogen-bond acceptors (Lipinski definition) is 3. The number of furan rings is 1. The lowest BCUT2D eigenvalue weighted by molar-refractivity contribution is 0.0649. The number of piperidine rings is 1. The Hall–Kier alpha value is -2.36. The zero-order valence-electron chi connectivity index (χ0n) is 12.6. The van der Waals surface area contributed by atoms with Crippen LogP contribution in [0, 0.1) is 12.8 Å². The summed E-state index contributed by atoms with van der Waals surface area (Å²) in [6, 6.07) is 11.1. The average molecular weight is 297 g/mol. The van der Waals surface area contributed by atoms with E-state index in [0.29, 0.717) is 24.4 Å². The molecule has 1 aliphatic heterocycles. The minimum absolute atomic E-state index is 0.00291. The van der Waals surface area contributed by atoms with Crippen molar-refractivity contribution >= 4 is 11.7 Å². The number of carbonyl (C=O) groups excluding carboxylic acids is 2. The monoisotopic (exact) mass is 297 g/mol. The second-order valence-corrected chi connectivity index (χ2v) is 5.69. The molecule has 22 heavy (non-hydrogen) atoms. The summed E-state index contributed by atoms with van der Waals surface area (Å²) in [5.74, 6) is 0.841. The van der Waals surface area contributed by atoms with Gasteiger partial charge < -0.3 is 9.32 Å². The summed E-state index contributed by atoms with van der Waals surface area (Å²) in [7, 11) is 0. The van der Waals surface area contributed by atoms with Crippen LogP contribution in [-0.4, -0.2) is 29.7 Å². The molecule has 1 fully saturated rings. The Morgan fingerprint density at radius 3 is 2.36 bits per heavy atom. The number of benzene rings is 1. The molecule has 3 rings (SSSR count). The fourth-order valence-corrected chi connectivity index (χ4v) is 2.96. The second kappa shape index (κ2) is 6.18. The first kappa shape index (κ1) is 14.6. The highest BCUT2D eigenvalue weighted by atomic mass is 16.3. The van der Waals surface area contributed by atoms with Crippen molar-refractivity contribution in [3.8, 4) is 0 Å². The van der Waals surface area contributed by atoms with Crippen LogP contribution < -0.4 is 0 Å². The van der Waals surface area contributed by atoms with Gasteiger partial charge in [-0.05, 0) is 25.8 Å². The zero-order valence-corrected chi connectivity index (χ0v) is 12.6. The highest BCUT2D eigenvalue weighted by Crippen LogP contribution is 2.23. The van der Waals surface area contributed by atoms with E-state index in [1.807, 2.05) is 35.2 Å². The molecular weight excluding hydrogens is 278 g/mol. The molecule has 0 N–H and O–H groups in total. The third kappa shape index (κ3) is 2.82. The van der Waals surface area contributed by atoms with Crippen LogP contribution >= 0.6 is 0 Å². The molecule has 0 spiro atoms. The largest absolute Gasteiger partial charge is 0.469 e. The van der Waals surface area contributed by atoms with Crippen molar-refractivity contribution in [3.05, 3.63) is 59.5 Å². The third-order valence-corrected chi connectivity index (χ3v) is 4.30. The number of ketones is 1. The predicted octanol–water partition coefficient (Wildman–Crippen LogP) is 3.32. The van der Waals surface area contributed by atoms with E-state index in [-0.39, 0.29) is 17.6 Å². The van der Waals surface area contributed by atoms with E-state index in [9.17, 15) is 9.59 Å². The van der Waals surface area contributed by atoms with E-state index < -0.39 is 0 Å². The summed E-state index contributed by atoms with van der Waals surface area (Å²) < 4.78 is 5.19. The van der Waals surface area contributed by atoms with Gasteiger partial charge in [0.05, 0.1) is 11.8 Å². The number of nitrogens with zero attached hydrogens (tertiary/aromatic N) is 1. The van der Waals surface area contributed by atoms with Crippen molar-refractivity contribution in [2.24, 2.45) is 5.92 Å². The predicted molar refractivity (Wildman–Crippen MR) is 82.8 cm³/mol. The summed E-state index contributed by atoms with van der Waals surface area (Å²) in [6.07, 6.45) is 2.97. The van der Waals surface area contributed by atoms with Gasteiger partial charge in [0.2, 0.25) is 0 Å². The van der Waals surface area contributed by atoms with E-state index in [4.69, 9.17) is 4.42 Å². The first-order valence-corrected chi connectivity index (χ1v) is 7.59. The summed E-state index contributed by atoms with van der Waals surface area (Å²) >= 11 is 0. The molecule has 1 saturated heterocycles. The molecule has 1 aliphatic rings. The highest BCUT2D eigenvalue weighted by Gasteiger charge is 2.29. The number of likely N-dealkylation sites (tertiary alicyclic amines) is 1. The van der Waals surface area contributed by atoms with Gasteiger partial charge in [-0.15, -0.1) is 0 Å². The Bertz CT molecular complexity index is 667. The van der Waals surface area contributed by atoms with Gasteiger partial charge in [-0.1, -0.05) is 30.3 Å². The van der Waals surface area contributed by atoms with Crippen LogP contribution in [0.5, 0.6) is 0 Å². The molecular formula is C18H19NO3. The van der Waals surface area contributed by atoms with Crippen molar-refractivity contribution in [2.75, 3.05) is 13.1 Å². The van der Waals surface area contributed by atoms with Crippen molar-refractivity contribution in [1.29, 1.82) is 0 Å². The zero-order chi connectivity index (χ0) is 15.5. The van der Waals surface area contributed by atoms with Gasteiger partial charge in [0, 0.05) is 24.6 Å². The maximum absolute atomic E-state index is 12.4. The van der Waals surface area contributed by atoms with Crippen LogP contribution in [0.15, 0.2) is 47.1 Å². The lowest BCUT2D eigenvalue weighted by Gasteiger charge is -2.31. The smallest absolute Gasteiger partial charge is 0.257 e. The Morgan fingerprint density at radius 1 is 1.09 bits per heavy atom. The second-order valence-electron chi connectivity index (χ2n) is 5.69. The topological polar surface area (TPSA) is 50.5 Å². The Kier molecular flexibility index (Phi) is 4.09. The van der Waals surface area contributed by atoms with Crippen LogP contribution in [0.2, 0.25) is 0 Å². The van der Waals surface area contributed by atoms with E-state index in [0.717, 1.165) is 18.4 Å². The van der Waals surface area contributed by atoms with Crippen LogP contribution in [0.1, 0.15) is 39.3 Å². The molecule has 1 amide bonds. The molecule has 0 radical (unpaired) electrons. The van der Waals surface area contributed by atoms with E-state index in [1.165, 1.54) is 6.26 Å². The number of hydrogen-bond donors (Lipinski definition) is 0. The summed E-state index contributed by atoms with van der Waals surface area (Å²) in [5, 5.41) is 0. The Labute approximate surface area is 129 Å². The quantitative estimate of drug-likeness (QED) is 0.817. The van der Waals surface area contributed by atoms with Crippen LogP contribution in [0.25, 0.3) is 0 Å². The fraction of sp³-hybridized carbons (Fsp3) is 0.333. The molecule has 1 aromatic carbocycles. The highest BCUT2D eigenvalue weighted by molar-refractivity contribution is 5.98. The summed E-state index contributed by atoms with van der Waals surface area (Å²) in [5.41, 5.74) is 1.38. The van der Waals surface area contributed by atoms with Gasteiger partial charge in [0.15, 0.2) is 5.78 Å². The summed E-state index contributed by atoms with van der Waals surface area (Å²) in [4.78, 5) is 26.7. The van der Waals surface area contributed by atoms with Crippen LogP contribution in [0.3, 0.4) is 0 Å². The first-order chi connectivity index (χ1) is 10.7. The molecule has 0 atom stereocenters. The van der Waals surface area contributed by atoms with E-state index in [1.54, 1.807) is 13.0 Å². The Morgan fingerprint density at radius 2 is 1.77 bits per heavy atom. The third-order valence-electron chi connectivity index (χ3n) is 4.30. The van der Waals surface area contributed by atoms with Gasteiger partial charge in [0.1, 0.15) is 5.76 Å². The van der Waals surface area contributed by atoms with Gasteiger partial charge in [-0.25, -0.2) is 0 Å². The van der Waals surface area contributed by atoms with Crippen molar-refractivity contribution < 1.29 is 14.0 Å². The molecule has 4 heteroatoms. The number of rotatable bonds is 3. The van der Waals surface area contributed by atoms with Gasteiger partial charge in [-0.3, -0.25) is 9.59 Å². The lowest BCUT2D eigenvalue weighted by Crippen LogP contribution is -2.40. The fourth-order valence-electron chi connectivity index (χ4n) is 2.96. The van der Waals surface area contributed by atoms with Gasteiger partial charge >= 0.3 is 0 Å². The minimum atomic E-state index is -0.00291. The van der Waals surface area contributed by atoms with E-state index >= 15 is 0 Å². The SMILES string of the molecule is Cc1occc1C(=O)N1CCC(C(=O)c2ccccc2)CC1. The normalized spacial score (nSPS) is 15.8. The molecule has 0 saturated carbocycles. The molecule has 0 unspecified atom stereocenters. The van der Waals surface area contributed by atoms with Crippen LogP contribution in [0.4, 0.5) is 0 Å². The Balaban J connectivity index is 1.62. The number of amides is 1. The molecule has 0 aliphatic carbocycles. The first-order valence-electron chi connectivity index (χ1n) is 7.59. The summed E-state index contributed by atoms with van der Waals surface area (Å²) in [6.45, 7) is 3.03. The van der Waals surface area contributed by atoms with Crippen LogP contribution in [-0.2, 0) is 0 Å². The molecule has 4 nitrogen and oxygen atoms in total. The molecule has 1 aromatic heterocycles. The molecule has 0 bridgehead atoms. The van der Waals surface area contributed by atoms with Gasteiger partial charge in [0.25, 0.3) is 5.91 Å². The van der Waals surface area contributed by atoms with Gasteiger partial charge in [-0.2, -0.15) is 0 Å². The minimum Gasteiger partial charge on any atom is -0.469 e. The van der Waals surface area contributed by atoms with Crippen molar-refractivity contribution in [3.63, 3.8) is 0 Å². The van der Waals surface area contributed by atoms with E-state index in [2.05, 4.69) is 0 Å². The average Bonchev–Trinajstić information content (AvgIpc) is 3.00. The lowest BCUT2D eigenvalue weighted by atomic mass is 9.88. The maximum Gasteiger partial charge on any atom is 0.257 e. The number of Topliss-reactive ketones (excluding diaryl/α,β-unsaturated/α-hetero) is 1. The van der Waals surface area contributed by atoms with Crippen molar-refractivity contribution in [2.45, 2.75) is 19.8 Å². The van der Waals surface area contributed by atoms with Crippen molar-refractivity contribution in [1.82, 2.24) is 4.90 Å². The maximum atomic E-state index is 12.4. The molecule has 114 valence electrons. The molecule has 2 aromatic rings. The standard InChI is InChI=1S/C18H19NO3/c1-13-16(9-12-22-13)18(21)19-10-7-15(8-11-19)17(20)14-5-3-2-4-6-14/h2-6,9,12,15H,7-8,10-11H2,1H3. The molecule has 2 heterocycles. The number of carbonyl (C=O) groups is 2. The number of aryl methyl sites for hydroxylation is 1.